The lowest BCUT2D eigenvalue weighted by atomic mass is 10.1. The molecule has 1 saturated heterocycles. The smallest absolute Gasteiger partial charge is 0.243 e. The van der Waals surface area contributed by atoms with Gasteiger partial charge in [0.25, 0.3) is 0 Å². The number of likely N-dealkylation sites (N-methyl/N-ethyl adjacent to an activating group) is 1. The van der Waals surface area contributed by atoms with Crippen molar-refractivity contribution in [3.05, 3.63) is 29.8 Å². The van der Waals surface area contributed by atoms with E-state index in [1.165, 1.54) is 0 Å². The number of sulfonamides is 1. The van der Waals surface area contributed by atoms with Gasteiger partial charge in [-0.2, -0.15) is 9.57 Å². The van der Waals surface area contributed by atoms with Gasteiger partial charge >= 0.3 is 0 Å². The maximum atomic E-state index is 12.7. The predicted octanol–water partition coefficient (Wildman–Crippen LogP) is 1.47. The summed E-state index contributed by atoms with van der Waals surface area (Å²) in [6.45, 7) is 5.08. The second-order valence-corrected chi connectivity index (χ2v) is 7.60. The fraction of sp³-hybridized carbons (Fsp3) is 0.533. The van der Waals surface area contributed by atoms with Crippen molar-refractivity contribution >= 4 is 10.0 Å². The highest BCUT2D eigenvalue weighted by molar-refractivity contribution is 7.89. The molecule has 0 saturated carbocycles. The van der Waals surface area contributed by atoms with Crippen molar-refractivity contribution in [1.82, 2.24) is 9.21 Å². The molecule has 2 unspecified atom stereocenters. The van der Waals surface area contributed by atoms with E-state index in [-0.39, 0.29) is 12.1 Å². The van der Waals surface area contributed by atoms with E-state index in [1.807, 2.05) is 20.9 Å². The van der Waals surface area contributed by atoms with E-state index in [9.17, 15) is 8.42 Å². The molecule has 0 radical (unpaired) electrons. The fourth-order valence-corrected chi connectivity index (χ4v) is 4.17. The van der Waals surface area contributed by atoms with Crippen molar-refractivity contribution in [3.63, 3.8) is 0 Å². The average Bonchev–Trinajstić information content (AvgIpc) is 2.45. The molecule has 1 aromatic carbocycles. The lowest BCUT2D eigenvalue weighted by Crippen LogP contribution is -2.56. The van der Waals surface area contributed by atoms with Crippen LogP contribution in [0.25, 0.3) is 0 Å². The molecule has 1 fully saturated rings. The van der Waals surface area contributed by atoms with Gasteiger partial charge in [-0.15, -0.1) is 0 Å². The second kappa shape index (κ2) is 6.14. The van der Waals surface area contributed by atoms with E-state index < -0.39 is 10.0 Å². The number of benzene rings is 1. The van der Waals surface area contributed by atoms with Crippen LogP contribution < -0.4 is 0 Å². The zero-order chi connectivity index (χ0) is 15.6. The number of rotatable bonds is 3. The number of nitriles is 1. The van der Waals surface area contributed by atoms with Crippen molar-refractivity contribution < 1.29 is 8.42 Å². The molecule has 0 N–H and O–H groups in total. The molecular weight excluding hydrogens is 286 g/mol. The third kappa shape index (κ3) is 3.26. The van der Waals surface area contributed by atoms with E-state index in [1.54, 1.807) is 28.6 Å². The summed E-state index contributed by atoms with van der Waals surface area (Å²) in [4.78, 5) is 2.50. The molecule has 0 aromatic heterocycles. The summed E-state index contributed by atoms with van der Waals surface area (Å²) in [5.74, 6) is 0. The molecule has 0 spiro atoms. The molecular formula is C15H21N3O2S. The van der Waals surface area contributed by atoms with Crippen molar-refractivity contribution in [2.75, 3.05) is 20.1 Å². The summed E-state index contributed by atoms with van der Waals surface area (Å²) in [5, 5.41) is 8.65. The van der Waals surface area contributed by atoms with Crippen LogP contribution in [0.5, 0.6) is 0 Å². The molecule has 0 amide bonds. The van der Waals surface area contributed by atoms with Gasteiger partial charge in [0.1, 0.15) is 0 Å². The molecule has 6 heteroatoms. The Bertz CT molecular complexity index is 622. The summed E-state index contributed by atoms with van der Waals surface area (Å²) in [6.07, 6.45) is 0.295. The van der Waals surface area contributed by atoms with Gasteiger partial charge < -0.3 is 0 Å². The largest absolute Gasteiger partial charge is 0.298 e. The molecule has 114 valence electrons. The van der Waals surface area contributed by atoms with E-state index >= 15 is 0 Å². The molecule has 2 atom stereocenters. The minimum atomic E-state index is -3.46. The summed E-state index contributed by atoms with van der Waals surface area (Å²) < 4.78 is 27.0. The standard InChI is InChI=1S/C15H21N3O2S/c1-12-10-18(11-13(2)17(12)3)21(19,20)15-6-4-14(5-7-15)8-9-16/h4-7,12-13H,8,10-11H2,1-3H3. The van der Waals surface area contributed by atoms with E-state index in [2.05, 4.69) is 11.0 Å². The molecule has 1 aliphatic heterocycles. The van der Waals surface area contributed by atoms with E-state index in [4.69, 9.17) is 5.26 Å². The first-order chi connectivity index (χ1) is 9.86. The second-order valence-electron chi connectivity index (χ2n) is 5.66. The number of hydrogen-bond acceptors (Lipinski definition) is 4. The van der Waals surface area contributed by atoms with Crippen LogP contribution in [0, 0.1) is 11.3 Å². The first-order valence-electron chi connectivity index (χ1n) is 7.04. The van der Waals surface area contributed by atoms with Crippen LogP contribution in [0.3, 0.4) is 0 Å². The highest BCUT2D eigenvalue weighted by atomic mass is 32.2. The lowest BCUT2D eigenvalue weighted by Gasteiger charge is -2.41. The Labute approximate surface area is 126 Å². The number of piperazine rings is 1. The predicted molar refractivity (Wildman–Crippen MR) is 81.2 cm³/mol. The normalized spacial score (nSPS) is 24.7. The van der Waals surface area contributed by atoms with Gasteiger partial charge in [0.2, 0.25) is 10.0 Å². The molecule has 5 nitrogen and oxygen atoms in total. The Morgan fingerprint density at radius 1 is 1.19 bits per heavy atom. The number of hydrogen-bond donors (Lipinski definition) is 0. The summed E-state index contributed by atoms with van der Waals surface area (Å²) in [5.41, 5.74) is 0.830. The van der Waals surface area contributed by atoms with Crippen molar-refractivity contribution in [2.24, 2.45) is 0 Å². The maximum absolute atomic E-state index is 12.7. The molecule has 0 bridgehead atoms. The first-order valence-corrected chi connectivity index (χ1v) is 8.48. The summed E-state index contributed by atoms with van der Waals surface area (Å²) in [6, 6.07) is 9.05. The Morgan fingerprint density at radius 3 is 2.19 bits per heavy atom. The minimum Gasteiger partial charge on any atom is -0.298 e. The van der Waals surface area contributed by atoms with Gasteiger partial charge in [0.05, 0.1) is 17.4 Å². The van der Waals surface area contributed by atoms with Crippen LogP contribution in [0.2, 0.25) is 0 Å². The molecule has 2 rings (SSSR count). The topological polar surface area (TPSA) is 64.4 Å². The molecule has 0 aliphatic carbocycles. The molecule has 1 aromatic rings. The Kier molecular flexibility index (Phi) is 4.67. The Morgan fingerprint density at radius 2 is 1.71 bits per heavy atom. The Hall–Kier alpha value is -1.42. The third-order valence-corrected chi connectivity index (χ3v) is 6.02. The highest BCUT2D eigenvalue weighted by Gasteiger charge is 2.34. The minimum absolute atomic E-state index is 0.196. The lowest BCUT2D eigenvalue weighted by molar-refractivity contribution is 0.105. The summed E-state index contributed by atoms with van der Waals surface area (Å²) >= 11 is 0. The van der Waals surface area contributed by atoms with Crippen LogP contribution in [-0.4, -0.2) is 49.8 Å². The van der Waals surface area contributed by atoms with Gasteiger partial charge in [-0.25, -0.2) is 8.42 Å². The van der Waals surface area contributed by atoms with Crippen LogP contribution >= 0.6 is 0 Å². The molecule has 21 heavy (non-hydrogen) atoms. The van der Waals surface area contributed by atoms with Crippen LogP contribution in [-0.2, 0) is 16.4 Å². The van der Waals surface area contributed by atoms with Gasteiger partial charge in [0.15, 0.2) is 0 Å². The van der Waals surface area contributed by atoms with Gasteiger partial charge in [0, 0.05) is 25.2 Å². The Balaban J connectivity index is 2.24. The molecule has 1 aliphatic rings. The van der Waals surface area contributed by atoms with Gasteiger partial charge in [-0.05, 0) is 38.6 Å². The van der Waals surface area contributed by atoms with Crippen molar-refractivity contribution in [1.29, 1.82) is 5.26 Å². The van der Waals surface area contributed by atoms with E-state index in [0.717, 1.165) is 5.56 Å². The monoisotopic (exact) mass is 307 g/mol. The highest BCUT2D eigenvalue weighted by Crippen LogP contribution is 2.22. The van der Waals surface area contributed by atoms with Gasteiger partial charge in [-0.3, -0.25) is 4.90 Å². The first kappa shape index (κ1) is 16.0. The average molecular weight is 307 g/mol. The van der Waals surface area contributed by atoms with E-state index in [0.29, 0.717) is 24.4 Å². The van der Waals surface area contributed by atoms with Gasteiger partial charge in [-0.1, -0.05) is 12.1 Å². The SMILES string of the molecule is CC1CN(S(=O)(=O)c2ccc(CC#N)cc2)CC(C)N1C. The molecule has 1 heterocycles. The van der Waals surface area contributed by atoms with Crippen molar-refractivity contribution in [3.8, 4) is 6.07 Å². The van der Waals surface area contributed by atoms with Crippen LogP contribution in [0.1, 0.15) is 19.4 Å². The zero-order valence-electron chi connectivity index (χ0n) is 12.7. The third-order valence-electron chi connectivity index (χ3n) is 4.17. The number of nitrogens with zero attached hydrogens (tertiary/aromatic N) is 3. The van der Waals surface area contributed by atoms with Crippen LogP contribution in [0.15, 0.2) is 29.2 Å². The quantitative estimate of drug-likeness (QED) is 0.848. The van der Waals surface area contributed by atoms with Crippen LogP contribution in [0.4, 0.5) is 0 Å². The fourth-order valence-electron chi connectivity index (χ4n) is 2.57. The van der Waals surface area contributed by atoms with Crippen molar-refractivity contribution in [2.45, 2.75) is 37.2 Å². The summed E-state index contributed by atoms with van der Waals surface area (Å²) in [7, 11) is -1.44. The zero-order valence-corrected chi connectivity index (χ0v) is 13.5. The maximum Gasteiger partial charge on any atom is 0.243 e.